The van der Waals surface area contributed by atoms with Crippen LogP contribution in [0.4, 0.5) is 0 Å². The Morgan fingerprint density at radius 3 is 2.64 bits per heavy atom. The molecule has 3 rings (SSSR count). The number of fused-ring (bicyclic) bond motifs is 1. The summed E-state index contributed by atoms with van der Waals surface area (Å²) in [5.41, 5.74) is 0.977. The zero-order chi connectivity index (χ0) is 15.5. The van der Waals surface area contributed by atoms with E-state index in [1.807, 2.05) is 42.5 Å². The normalized spacial score (nSPS) is 15.3. The highest BCUT2D eigenvalue weighted by atomic mass is 16.2. The van der Waals surface area contributed by atoms with Crippen molar-refractivity contribution in [2.75, 3.05) is 0 Å². The summed E-state index contributed by atoms with van der Waals surface area (Å²) in [4.78, 5) is 24.0. The quantitative estimate of drug-likeness (QED) is 0.888. The molecule has 114 valence electrons. The van der Waals surface area contributed by atoms with Gasteiger partial charge in [0.1, 0.15) is 6.04 Å². The number of amides is 2. The van der Waals surface area contributed by atoms with E-state index in [-0.39, 0.29) is 18.2 Å². The lowest BCUT2D eigenvalue weighted by Crippen LogP contribution is -2.45. The molecule has 0 heterocycles. The van der Waals surface area contributed by atoms with Crippen LogP contribution in [0.2, 0.25) is 0 Å². The van der Waals surface area contributed by atoms with Gasteiger partial charge in [-0.1, -0.05) is 42.5 Å². The second-order valence-corrected chi connectivity index (χ2v) is 5.89. The minimum Gasteiger partial charge on any atom is -0.352 e. The highest BCUT2D eigenvalue weighted by molar-refractivity contribution is 5.92. The van der Waals surface area contributed by atoms with Crippen LogP contribution < -0.4 is 10.6 Å². The van der Waals surface area contributed by atoms with Crippen molar-refractivity contribution in [1.82, 2.24) is 10.6 Å². The van der Waals surface area contributed by atoms with E-state index in [1.54, 1.807) is 6.92 Å². The van der Waals surface area contributed by atoms with Gasteiger partial charge in [0.2, 0.25) is 11.8 Å². The second-order valence-electron chi connectivity index (χ2n) is 5.89. The van der Waals surface area contributed by atoms with Gasteiger partial charge in [-0.25, -0.2) is 0 Å². The van der Waals surface area contributed by atoms with Gasteiger partial charge in [0, 0.05) is 6.04 Å². The number of carbonyl (C=O) groups excluding carboxylic acids is 2. The fourth-order valence-corrected chi connectivity index (χ4v) is 2.53. The molecule has 1 atom stereocenters. The predicted molar refractivity (Wildman–Crippen MR) is 86.4 cm³/mol. The molecule has 2 N–H and O–H groups in total. The van der Waals surface area contributed by atoms with Gasteiger partial charge in [-0.15, -0.1) is 0 Å². The van der Waals surface area contributed by atoms with Crippen molar-refractivity contribution in [3.05, 3.63) is 48.0 Å². The van der Waals surface area contributed by atoms with Gasteiger partial charge in [-0.2, -0.15) is 0 Å². The molecular weight excluding hydrogens is 276 g/mol. The topological polar surface area (TPSA) is 58.2 Å². The molecule has 0 saturated heterocycles. The van der Waals surface area contributed by atoms with Crippen LogP contribution in [-0.4, -0.2) is 23.9 Å². The Hall–Kier alpha value is -2.36. The first kappa shape index (κ1) is 14.6. The lowest BCUT2D eigenvalue weighted by atomic mass is 10.0. The minimum atomic E-state index is -0.497. The van der Waals surface area contributed by atoms with Gasteiger partial charge in [0.15, 0.2) is 0 Å². The van der Waals surface area contributed by atoms with Gasteiger partial charge < -0.3 is 10.6 Å². The van der Waals surface area contributed by atoms with Crippen LogP contribution in [0.5, 0.6) is 0 Å². The van der Waals surface area contributed by atoms with Crippen LogP contribution in [0.15, 0.2) is 42.5 Å². The van der Waals surface area contributed by atoms with Crippen molar-refractivity contribution in [3.8, 4) is 0 Å². The monoisotopic (exact) mass is 296 g/mol. The molecule has 2 aromatic rings. The molecule has 0 radical (unpaired) electrons. The summed E-state index contributed by atoms with van der Waals surface area (Å²) in [7, 11) is 0. The number of carbonyl (C=O) groups is 2. The van der Waals surface area contributed by atoms with Crippen molar-refractivity contribution in [1.29, 1.82) is 0 Å². The van der Waals surface area contributed by atoms with Crippen LogP contribution in [0.3, 0.4) is 0 Å². The van der Waals surface area contributed by atoms with E-state index in [4.69, 9.17) is 0 Å². The Kier molecular flexibility index (Phi) is 4.09. The molecule has 1 fully saturated rings. The molecule has 1 aliphatic rings. The van der Waals surface area contributed by atoms with Crippen LogP contribution in [0.1, 0.15) is 25.3 Å². The van der Waals surface area contributed by atoms with Crippen molar-refractivity contribution < 1.29 is 9.59 Å². The average Bonchev–Trinajstić information content (AvgIpc) is 3.31. The predicted octanol–water partition coefficient (Wildman–Crippen LogP) is 2.17. The fraction of sp³-hybridized carbons (Fsp3) is 0.333. The van der Waals surface area contributed by atoms with Gasteiger partial charge in [0.25, 0.3) is 0 Å². The first-order valence-corrected chi connectivity index (χ1v) is 7.70. The Morgan fingerprint density at radius 2 is 1.86 bits per heavy atom. The van der Waals surface area contributed by atoms with E-state index in [1.165, 1.54) is 0 Å². The molecular formula is C18H20N2O2. The third-order valence-corrected chi connectivity index (χ3v) is 3.93. The highest BCUT2D eigenvalue weighted by Crippen LogP contribution is 2.19. The lowest BCUT2D eigenvalue weighted by Gasteiger charge is -2.14. The summed E-state index contributed by atoms with van der Waals surface area (Å²) >= 11 is 0. The van der Waals surface area contributed by atoms with Crippen LogP contribution in [-0.2, 0) is 16.0 Å². The van der Waals surface area contributed by atoms with E-state index in [0.29, 0.717) is 6.04 Å². The fourth-order valence-electron chi connectivity index (χ4n) is 2.53. The summed E-state index contributed by atoms with van der Waals surface area (Å²) in [6.45, 7) is 1.72. The van der Waals surface area contributed by atoms with Crippen LogP contribution in [0, 0.1) is 0 Å². The number of hydrogen-bond donors (Lipinski definition) is 2. The maximum absolute atomic E-state index is 12.2. The average molecular weight is 296 g/mol. The van der Waals surface area contributed by atoms with Crippen LogP contribution in [0.25, 0.3) is 10.8 Å². The zero-order valence-corrected chi connectivity index (χ0v) is 12.6. The molecule has 1 saturated carbocycles. The summed E-state index contributed by atoms with van der Waals surface area (Å²) < 4.78 is 0. The number of hydrogen-bond acceptors (Lipinski definition) is 2. The van der Waals surface area contributed by atoms with Crippen molar-refractivity contribution in [2.24, 2.45) is 0 Å². The first-order chi connectivity index (χ1) is 10.6. The summed E-state index contributed by atoms with van der Waals surface area (Å²) in [5, 5.41) is 7.87. The third kappa shape index (κ3) is 3.45. The molecule has 0 bridgehead atoms. The number of nitrogens with one attached hydrogen (secondary N) is 2. The molecule has 4 nitrogen and oxygen atoms in total. The second kappa shape index (κ2) is 6.18. The minimum absolute atomic E-state index is 0.103. The maximum Gasteiger partial charge on any atom is 0.242 e. The van der Waals surface area contributed by atoms with Gasteiger partial charge in [-0.05, 0) is 36.1 Å². The highest BCUT2D eigenvalue weighted by Gasteiger charge is 2.26. The summed E-state index contributed by atoms with van der Waals surface area (Å²) in [6.07, 6.45) is 2.37. The van der Waals surface area contributed by atoms with E-state index in [0.717, 1.165) is 29.2 Å². The van der Waals surface area contributed by atoms with E-state index in [2.05, 4.69) is 10.6 Å². The number of rotatable bonds is 5. The standard InChI is InChI=1S/C18H20N2O2/c1-12(18(22)20-15-9-10-15)19-17(21)11-14-7-4-6-13-5-2-3-8-16(13)14/h2-8,12,15H,9-11H2,1H3,(H,19,21)(H,20,22)/t12-/m0/s1. The Balaban J connectivity index is 1.64. The van der Waals surface area contributed by atoms with E-state index in [9.17, 15) is 9.59 Å². The van der Waals surface area contributed by atoms with Crippen molar-refractivity contribution in [3.63, 3.8) is 0 Å². The molecule has 2 amide bonds. The molecule has 0 spiro atoms. The third-order valence-electron chi connectivity index (χ3n) is 3.93. The number of benzene rings is 2. The van der Waals surface area contributed by atoms with Gasteiger partial charge in [0.05, 0.1) is 6.42 Å². The van der Waals surface area contributed by atoms with Crippen molar-refractivity contribution in [2.45, 2.75) is 38.3 Å². The van der Waals surface area contributed by atoms with Crippen LogP contribution >= 0.6 is 0 Å². The molecule has 22 heavy (non-hydrogen) atoms. The molecule has 0 aromatic heterocycles. The molecule has 4 heteroatoms. The zero-order valence-electron chi connectivity index (χ0n) is 12.6. The van der Waals surface area contributed by atoms with Gasteiger partial charge in [-0.3, -0.25) is 9.59 Å². The van der Waals surface area contributed by atoms with Gasteiger partial charge >= 0.3 is 0 Å². The molecule has 2 aromatic carbocycles. The molecule has 0 aliphatic heterocycles. The van der Waals surface area contributed by atoms with E-state index >= 15 is 0 Å². The Morgan fingerprint density at radius 1 is 1.14 bits per heavy atom. The lowest BCUT2D eigenvalue weighted by molar-refractivity contribution is -0.128. The molecule has 1 aliphatic carbocycles. The Labute approximate surface area is 129 Å². The maximum atomic E-state index is 12.2. The molecule has 0 unspecified atom stereocenters. The van der Waals surface area contributed by atoms with Crippen molar-refractivity contribution >= 4 is 22.6 Å². The Bertz CT molecular complexity index is 702. The largest absolute Gasteiger partial charge is 0.352 e. The van der Waals surface area contributed by atoms with E-state index < -0.39 is 6.04 Å². The smallest absolute Gasteiger partial charge is 0.242 e. The SMILES string of the molecule is C[C@H](NC(=O)Cc1cccc2ccccc12)C(=O)NC1CC1. The summed E-state index contributed by atoms with van der Waals surface area (Å²) in [5.74, 6) is -0.233. The summed E-state index contributed by atoms with van der Waals surface area (Å²) in [6, 6.07) is 13.7. The first-order valence-electron chi connectivity index (χ1n) is 7.70.